The van der Waals surface area contributed by atoms with Gasteiger partial charge in [-0.25, -0.2) is 4.99 Å². The van der Waals surface area contributed by atoms with E-state index in [-0.39, 0.29) is 0 Å². The first kappa shape index (κ1) is 11.0. The van der Waals surface area contributed by atoms with Crippen molar-refractivity contribution in [1.29, 1.82) is 0 Å². The molecule has 1 aliphatic rings. The van der Waals surface area contributed by atoms with E-state index in [1.54, 1.807) is 0 Å². The highest BCUT2D eigenvalue weighted by Gasteiger charge is 2.37. The van der Waals surface area contributed by atoms with Crippen molar-refractivity contribution in [3.63, 3.8) is 0 Å². The minimum atomic E-state index is 0.433. The molecule has 2 rings (SSSR count). The Morgan fingerprint density at radius 3 is 2.69 bits per heavy atom. The molecule has 3 heteroatoms. The smallest absolute Gasteiger partial charge is 0.191 e. The Bertz CT molecular complexity index is 370. The van der Waals surface area contributed by atoms with Gasteiger partial charge in [0.2, 0.25) is 0 Å². The van der Waals surface area contributed by atoms with Gasteiger partial charge in [-0.3, -0.25) is 0 Å². The third-order valence-corrected chi connectivity index (χ3v) is 2.98. The molecule has 0 radical (unpaired) electrons. The van der Waals surface area contributed by atoms with Crippen LogP contribution in [0.1, 0.15) is 12.0 Å². The van der Waals surface area contributed by atoms with Crippen molar-refractivity contribution in [2.75, 3.05) is 14.1 Å². The highest BCUT2D eigenvalue weighted by atomic mass is 15.2. The molecule has 0 heterocycles. The van der Waals surface area contributed by atoms with Crippen LogP contribution < -0.4 is 5.73 Å². The number of hydrogen-bond donors (Lipinski definition) is 1. The Hall–Kier alpha value is -1.51. The van der Waals surface area contributed by atoms with Gasteiger partial charge in [0.25, 0.3) is 0 Å². The van der Waals surface area contributed by atoms with E-state index in [4.69, 9.17) is 5.73 Å². The molecule has 2 atom stereocenters. The first-order valence-electron chi connectivity index (χ1n) is 5.71. The van der Waals surface area contributed by atoms with Crippen molar-refractivity contribution in [3.8, 4) is 0 Å². The fourth-order valence-electron chi connectivity index (χ4n) is 1.81. The van der Waals surface area contributed by atoms with Crippen LogP contribution in [0, 0.1) is 5.92 Å². The van der Waals surface area contributed by atoms with E-state index < -0.39 is 0 Å². The van der Waals surface area contributed by atoms with Gasteiger partial charge in [-0.05, 0) is 24.3 Å². The second kappa shape index (κ2) is 4.56. The fraction of sp³-hybridized carbons (Fsp3) is 0.462. The third kappa shape index (κ3) is 2.75. The molecular weight excluding hydrogens is 198 g/mol. The lowest BCUT2D eigenvalue weighted by Crippen LogP contribution is -2.30. The maximum Gasteiger partial charge on any atom is 0.191 e. The van der Waals surface area contributed by atoms with Crippen molar-refractivity contribution < 1.29 is 0 Å². The molecule has 1 fully saturated rings. The second-order valence-corrected chi connectivity index (χ2v) is 4.63. The zero-order valence-corrected chi connectivity index (χ0v) is 9.93. The van der Waals surface area contributed by atoms with Crippen LogP contribution in [-0.2, 0) is 6.42 Å². The molecule has 16 heavy (non-hydrogen) atoms. The first-order valence-corrected chi connectivity index (χ1v) is 5.71. The Morgan fingerprint density at radius 1 is 1.38 bits per heavy atom. The summed E-state index contributed by atoms with van der Waals surface area (Å²) >= 11 is 0. The van der Waals surface area contributed by atoms with Crippen molar-refractivity contribution in [2.24, 2.45) is 16.6 Å². The van der Waals surface area contributed by atoms with E-state index in [1.165, 1.54) is 12.0 Å². The number of nitrogens with zero attached hydrogens (tertiary/aromatic N) is 2. The average molecular weight is 217 g/mol. The van der Waals surface area contributed by atoms with Gasteiger partial charge in [0.1, 0.15) is 0 Å². The molecule has 3 nitrogen and oxygen atoms in total. The summed E-state index contributed by atoms with van der Waals surface area (Å²) in [7, 11) is 3.85. The van der Waals surface area contributed by atoms with Crippen LogP contribution in [0.3, 0.4) is 0 Å². The SMILES string of the molecule is CN(C)C(N)=NC1CC1Cc1ccccc1. The van der Waals surface area contributed by atoms with E-state index >= 15 is 0 Å². The van der Waals surface area contributed by atoms with E-state index in [1.807, 2.05) is 19.0 Å². The molecule has 1 aliphatic carbocycles. The summed E-state index contributed by atoms with van der Waals surface area (Å²) in [4.78, 5) is 6.34. The summed E-state index contributed by atoms with van der Waals surface area (Å²) in [5.74, 6) is 1.32. The van der Waals surface area contributed by atoms with E-state index in [0.717, 1.165) is 6.42 Å². The molecule has 2 N–H and O–H groups in total. The summed E-state index contributed by atoms with van der Waals surface area (Å²) in [5, 5.41) is 0. The van der Waals surface area contributed by atoms with Crippen molar-refractivity contribution in [3.05, 3.63) is 35.9 Å². The van der Waals surface area contributed by atoms with Crippen LogP contribution >= 0.6 is 0 Å². The summed E-state index contributed by atoms with van der Waals surface area (Å²) in [6, 6.07) is 11.0. The number of aliphatic imine (C=N–C) groups is 1. The Balaban J connectivity index is 1.86. The molecule has 1 aromatic rings. The molecule has 0 saturated heterocycles. The standard InChI is InChI=1S/C13H19N3/c1-16(2)13(14)15-12-9-11(12)8-10-6-4-3-5-7-10/h3-7,11-12H,8-9H2,1-2H3,(H2,14,15). The van der Waals surface area contributed by atoms with Gasteiger partial charge in [0, 0.05) is 14.1 Å². The molecule has 0 aromatic heterocycles. The van der Waals surface area contributed by atoms with Crippen molar-refractivity contribution >= 4 is 5.96 Å². The van der Waals surface area contributed by atoms with Crippen LogP contribution in [0.25, 0.3) is 0 Å². The number of nitrogens with two attached hydrogens (primary N) is 1. The van der Waals surface area contributed by atoms with Crippen LogP contribution in [0.5, 0.6) is 0 Å². The predicted octanol–water partition coefficient (Wildman–Crippen LogP) is 1.49. The highest BCUT2D eigenvalue weighted by molar-refractivity contribution is 5.77. The summed E-state index contributed by atoms with van der Waals surface area (Å²) in [6.45, 7) is 0. The minimum absolute atomic E-state index is 0.433. The zero-order valence-electron chi connectivity index (χ0n) is 9.93. The largest absolute Gasteiger partial charge is 0.370 e. The molecule has 0 spiro atoms. The van der Waals surface area contributed by atoms with Crippen LogP contribution in [0.4, 0.5) is 0 Å². The van der Waals surface area contributed by atoms with Gasteiger partial charge in [0.05, 0.1) is 6.04 Å². The Morgan fingerprint density at radius 2 is 2.06 bits per heavy atom. The lowest BCUT2D eigenvalue weighted by atomic mass is 10.1. The quantitative estimate of drug-likeness (QED) is 0.615. The minimum Gasteiger partial charge on any atom is -0.370 e. The van der Waals surface area contributed by atoms with E-state index in [0.29, 0.717) is 17.9 Å². The van der Waals surface area contributed by atoms with Crippen LogP contribution in [-0.4, -0.2) is 31.0 Å². The molecular formula is C13H19N3. The molecule has 1 saturated carbocycles. The topological polar surface area (TPSA) is 41.6 Å². The molecule has 2 unspecified atom stereocenters. The maximum absolute atomic E-state index is 5.79. The Kier molecular flexibility index (Phi) is 3.13. The van der Waals surface area contributed by atoms with Gasteiger partial charge < -0.3 is 10.6 Å². The van der Waals surface area contributed by atoms with Crippen molar-refractivity contribution in [2.45, 2.75) is 18.9 Å². The predicted molar refractivity (Wildman–Crippen MR) is 67.4 cm³/mol. The van der Waals surface area contributed by atoms with Gasteiger partial charge >= 0.3 is 0 Å². The normalized spacial score (nSPS) is 24.2. The second-order valence-electron chi connectivity index (χ2n) is 4.63. The number of benzene rings is 1. The fourth-order valence-corrected chi connectivity index (χ4v) is 1.81. The van der Waals surface area contributed by atoms with Gasteiger partial charge in [-0.2, -0.15) is 0 Å². The molecule has 0 amide bonds. The van der Waals surface area contributed by atoms with Crippen molar-refractivity contribution in [1.82, 2.24) is 4.90 Å². The van der Waals surface area contributed by atoms with E-state index in [2.05, 4.69) is 35.3 Å². The lowest BCUT2D eigenvalue weighted by molar-refractivity contribution is 0.606. The highest BCUT2D eigenvalue weighted by Crippen LogP contribution is 2.36. The summed E-state index contributed by atoms with van der Waals surface area (Å²) in [5.41, 5.74) is 7.19. The van der Waals surface area contributed by atoms with E-state index in [9.17, 15) is 0 Å². The summed E-state index contributed by atoms with van der Waals surface area (Å²) < 4.78 is 0. The molecule has 0 bridgehead atoms. The van der Waals surface area contributed by atoms with Crippen LogP contribution in [0.15, 0.2) is 35.3 Å². The van der Waals surface area contributed by atoms with Gasteiger partial charge in [0.15, 0.2) is 5.96 Å². The molecule has 86 valence electrons. The molecule has 1 aromatic carbocycles. The number of hydrogen-bond acceptors (Lipinski definition) is 1. The van der Waals surface area contributed by atoms with Gasteiger partial charge in [-0.15, -0.1) is 0 Å². The Labute approximate surface area is 97.0 Å². The average Bonchev–Trinajstić information content (AvgIpc) is 2.97. The molecule has 0 aliphatic heterocycles. The van der Waals surface area contributed by atoms with Gasteiger partial charge in [-0.1, -0.05) is 30.3 Å². The summed E-state index contributed by atoms with van der Waals surface area (Å²) in [6.07, 6.45) is 2.29. The number of guanidine groups is 1. The third-order valence-electron chi connectivity index (χ3n) is 2.98. The zero-order chi connectivity index (χ0) is 11.5. The maximum atomic E-state index is 5.79. The lowest BCUT2D eigenvalue weighted by Gasteiger charge is -2.10. The van der Waals surface area contributed by atoms with Crippen LogP contribution in [0.2, 0.25) is 0 Å². The monoisotopic (exact) mass is 217 g/mol. The first-order chi connectivity index (χ1) is 7.66. The number of rotatable bonds is 3.